The topological polar surface area (TPSA) is 20.2 Å². The van der Waals surface area contributed by atoms with Crippen molar-refractivity contribution in [2.45, 2.75) is 15.9 Å². The Kier molecular flexibility index (Phi) is 5.64. The van der Waals surface area contributed by atoms with Gasteiger partial charge in [0.2, 0.25) is 0 Å². The molecule has 1 nitrogen and oxygen atoms in total. The average Bonchev–Trinajstić information content (AvgIpc) is 2.46. The molecule has 0 aromatic heterocycles. The monoisotopic (exact) mass is 310 g/mol. The van der Waals surface area contributed by atoms with E-state index < -0.39 is 6.10 Å². The Bertz CT molecular complexity index is 511. The van der Waals surface area contributed by atoms with E-state index in [4.69, 9.17) is 11.6 Å². The summed E-state index contributed by atoms with van der Waals surface area (Å²) in [6.45, 7) is 0. The van der Waals surface area contributed by atoms with Crippen LogP contribution in [0.25, 0.3) is 0 Å². The average molecular weight is 311 g/mol. The minimum atomic E-state index is -0.448. The molecule has 0 spiro atoms. The van der Waals surface area contributed by atoms with Crippen molar-refractivity contribution in [3.63, 3.8) is 0 Å². The van der Waals surface area contributed by atoms with Gasteiger partial charge in [-0.25, -0.2) is 0 Å². The van der Waals surface area contributed by atoms with Crippen LogP contribution < -0.4 is 0 Å². The first kappa shape index (κ1) is 14.8. The fourth-order valence-electron chi connectivity index (χ4n) is 1.63. The molecule has 1 atom stereocenters. The maximum Gasteiger partial charge on any atom is 0.0883 e. The molecule has 0 bridgehead atoms. The third-order valence-corrected chi connectivity index (χ3v) is 4.81. The SMILES string of the molecule is CSc1ccc([C@H](O)CSc2ccc(Cl)cc2)cc1. The molecule has 0 saturated carbocycles. The molecule has 1 N–H and O–H groups in total. The molecule has 0 fully saturated rings. The summed E-state index contributed by atoms with van der Waals surface area (Å²) >= 11 is 9.17. The normalized spacial score (nSPS) is 12.4. The summed E-state index contributed by atoms with van der Waals surface area (Å²) in [6, 6.07) is 15.7. The van der Waals surface area contributed by atoms with Gasteiger partial charge in [-0.05, 0) is 48.2 Å². The number of hydrogen-bond donors (Lipinski definition) is 1. The van der Waals surface area contributed by atoms with E-state index in [1.54, 1.807) is 23.5 Å². The molecular formula is C15H15ClOS2. The van der Waals surface area contributed by atoms with Gasteiger partial charge in [0.1, 0.15) is 0 Å². The highest BCUT2D eigenvalue weighted by atomic mass is 35.5. The zero-order valence-corrected chi connectivity index (χ0v) is 12.9. The molecule has 0 saturated heterocycles. The summed E-state index contributed by atoms with van der Waals surface area (Å²) in [5.41, 5.74) is 0.958. The van der Waals surface area contributed by atoms with Gasteiger partial charge in [-0.15, -0.1) is 23.5 Å². The standard InChI is InChI=1S/C15H15ClOS2/c1-18-13-6-2-11(3-7-13)15(17)10-19-14-8-4-12(16)5-9-14/h2-9,15,17H,10H2,1H3/t15-/m1/s1. The van der Waals surface area contributed by atoms with Crippen LogP contribution in [-0.4, -0.2) is 17.1 Å². The van der Waals surface area contributed by atoms with Gasteiger partial charge >= 0.3 is 0 Å². The molecule has 2 rings (SSSR count). The molecule has 0 amide bonds. The fourth-order valence-corrected chi connectivity index (χ4v) is 3.03. The number of benzene rings is 2. The Morgan fingerprint density at radius 3 is 2.16 bits per heavy atom. The Morgan fingerprint density at radius 1 is 1.00 bits per heavy atom. The van der Waals surface area contributed by atoms with E-state index in [9.17, 15) is 5.11 Å². The highest BCUT2D eigenvalue weighted by Crippen LogP contribution is 2.26. The van der Waals surface area contributed by atoms with Gasteiger partial charge in [0.05, 0.1) is 6.10 Å². The van der Waals surface area contributed by atoms with Crippen molar-refractivity contribution in [3.8, 4) is 0 Å². The van der Waals surface area contributed by atoms with Gasteiger partial charge < -0.3 is 5.11 Å². The predicted molar refractivity (Wildman–Crippen MR) is 85.4 cm³/mol. The van der Waals surface area contributed by atoms with Crippen molar-refractivity contribution >= 4 is 35.1 Å². The van der Waals surface area contributed by atoms with Crippen LogP contribution in [0.5, 0.6) is 0 Å². The molecule has 2 aromatic rings. The lowest BCUT2D eigenvalue weighted by atomic mass is 10.1. The summed E-state index contributed by atoms with van der Waals surface area (Å²) in [6.07, 6.45) is 1.60. The van der Waals surface area contributed by atoms with Gasteiger partial charge in [-0.1, -0.05) is 23.7 Å². The lowest BCUT2D eigenvalue weighted by Crippen LogP contribution is -2.00. The maximum atomic E-state index is 10.1. The number of hydrogen-bond acceptors (Lipinski definition) is 3. The van der Waals surface area contributed by atoms with Gasteiger partial charge in [0.15, 0.2) is 0 Å². The summed E-state index contributed by atoms with van der Waals surface area (Å²) in [4.78, 5) is 2.32. The van der Waals surface area contributed by atoms with E-state index in [1.165, 1.54) is 4.90 Å². The quantitative estimate of drug-likeness (QED) is 0.794. The summed E-state index contributed by atoms with van der Waals surface area (Å²) in [5.74, 6) is 0.639. The summed E-state index contributed by atoms with van der Waals surface area (Å²) in [7, 11) is 0. The Morgan fingerprint density at radius 2 is 1.58 bits per heavy atom. The van der Waals surface area contributed by atoms with Crippen molar-refractivity contribution in [2.75, 3.05) is 12.0 Å². The maximum absolute atomic E-state index is 10.1. The third-order valence-electron chi connectivity index (χ3n) is 2.72. The van der Waals surface area contributed by atoms with Crippen molar-refractivity contribution in [1.29, 1.82) is 0 Å². The van der Waals surface area contributed by atoms with Gasteiger partial charge in [0.25, 0.3) is 0 Å². The molecule has 0 aliphatic heterocycles. The second-order valence-electron chi connectivity index (χ2n) is 4.05. The van der Waals surface area contributed by atoms with Crippen molar-refractivity contribution < 1.29 is 5.11 Å². The minimum Gasteiger partial charge on any atom is -0.388 e. The van der Waals surface area contributed by atoms with Crippen molar-refractivity contribution in [1.82, 2.24) is 0 Å². The van der Waals surface area contributed by atoms with Crippen molar-refractivity contribution in [2.24, 2.45) is 0 Å². The zero-order valence-electron chi connectivity index (χ0n) is 10.5. The van der Waals surface area contributed by atoms with Crippen LogP contribution in [0.3, 0.4) is 0 Å². The van der Waals surface area contributed by atoms with Crippen LogP contribution in [0, 0.1) is 0 Å². The molecular weight excluding hydrogens is 296 g/mol. The van der Waals surface area contributed by atoms with Crippen LogP contribution >= 0.6 is 35.1 Å². The Balaban J connectivity index is 1.93. The predicted octanol–water partition coefficient (Wildman–Crippen LogP) is 4.89. The van der Waals surface area contributed by atoms with Crippen LogP contribution in [-0.2, 0) is 0 Å². The van der Waals surface area contributed by atoms with E-state index in [2.05, 4.69) is 0 Å². The summed E-state index contributed by atoms with van der Waals surface area (Å²) < 4.78 is 0. The summed E-state index contributed by atoms with van der Waals surface area (Å²) in [5, 5.41) is 10.9. The first-order chi connectivity index (χ1) is 9.19. The van der Waals surface area contributed by atoms with Crippen LogP contribution in [0.4, 0.5) is 0 Å². The number of halogens is 1. The molecule has 100 valence electrons. The third kappa shape index (κ3) is 4.46. The number of rotatable bonds is 5. The lowest BCUT2D eigenvalue weighted by molar-refractivity contribution is 0.204. The minimum absolute atomic E-state index is 0.448. The lowest BCUT2D eigenvalue weighted by Gasteiger charge is -2.11. The number of aliphatic hydroxyl groups is 1. The number of aliphatic hydroxyl groups excluding tert-OH is 1. The first-order valence-electron chi connectivity index (χ1n) is 5.89. The van der Waals surface area contributed by atoms with Gasteiger partial charge in [0, 0.05) is 20.6 Å². The molecule has 0 aliphatic carbocycles. The van der Waals surface area contributed by atoms with Gasteiger partial charge in [-0.3, -0.25) is 0 Å². The molecule has 19 heavy (non-hydrogen) atoms. The molecule has 0 unspecified atom stereocenters. The van der Waals surface area contributed by atoms with Crippen LogP contribution in [0.1, 0.15) is 11.7 Å². The molecule has 4 heteroatoms. The van der Waals surface area contributed by atoms with Crippen LogP contribution in [0.15, 0.2) is 58.3 Å². The highest BCUT2D eigenvalue weighted by Gasteiger charge is 2.08. The van der Waals surface area contributed by atoms with E-state index in [-0.39, 0.29) is 0 Å². The van der Waals surface area contributed by atoms with E-state index in [0.717, 1.165) is 15.5 Å². The first-order valence-corrected chi connectivity index (χ1v) is 8.48. The highest BCUT2D eigenvalue weighted by molar-refractivity contribution is 7.99. The Hall–Kier alpha value is -0.610. The second-order valence-corrected chi connectivity index (χ2v) is 6.46. The van der Waals surface area contributed by atoms with Crippen LogP contribution in [0.2, 0.25) is 5.02 Å². The van der Waals surface area contributed by atoms with E-state index in [1.807, 2.05) is 54.8 Å². The van der Waals surface area contributed by atoms with E-state index in [0.29, 0.717) is 5.75 Å². The fraction of sp³-hybridized carbons (Fsp3) is 0.200. The second kappa shape index (κ2) is 7.25. The molecule has 0 heterocycles. The van der Waals surface area contributed by atoms with E-state index >= 15 is 0 Å². The Labute approximate surface area is 127 Å². The molecule has 0 radical (unpaired) electrons. The molecule has 0 aliphatic rings. The van der Waals surface area contributed by atoms with Crippen molar-refractivity contribution in [3.05, 3.63) is 59.1 Å². The largest absolute Gasteiger partial charge is 0.388 e. The zero-order chi connectivity index (χ0) is 13.7. The van der Waals surface area contributed by atoms with Gasteiger partial charge in [-0.2, -0.15) is 0 Å². The smallest absolute Gasteiger partial charge is 0.0883 e. The molecule has 2 aromatic carbocycles. The number of thioether (sulfide) groups is 2.